The minimum atomic E-state index is -0.0993. The maximum Gasteiger partial charge on any atom is 0.262 e. The van der Waals surface area contributed by atoms with E-state index >= 15 is 0 Å². The zero-order valence-corrected chi connectivity index (χ0v) is 16.4. The normalized spacial score (nSPS) is 11.2. The number of hydrogen-bond acceptors (Lipinski definition) is 4. The highest BCUT2D eigenvalue weighted by Crippen LogP contribution is 2.23. The van der Waals surface area contributed by atoms with Crippen molar-refractivity contribution in [2.45, 2.75) is 18.1 Å². The van der Waals surface area contributed by atoms with Gasteiger partial charge in [0.15, 0.2) is 5.16 Å². The highest BCUT2D eigenvalue weighted by Gasteiger charge is 2.13. The fourth-order valence-corrected chi connectivity index (χ4v) is 3.93. The zero-order valence-electron chi connectivity index (χ0n) is 13.3. The van der Waals surface area contributed by atoms with Crippen LogP contribution in [0, 0.1) is 0 Å². The number of halogens is 2. The van der Waals surface area contributed by atoms with E-state index in [0.29, 0.717) is 39.8 Å². The molecule has 0 unspecified atom stereocenters. The van der Waals surface area contributed by atoms with Gasteiger partial charge >= 0.3 is 0 Å². The average Bonchev–Trinajstić information content (AvgIpc) is 2.60. The summed E-state index contributed by atoms with van der Waals surface area (Å²) in [6, 6.07) is 13.0. The molecular weight excluding hydrogens is 424 g/mol. The van der Waals surface area contributed by atoms with Gasteiger partial charge in [0.2, 0.25) is 0 Å². The molecule has 4 nitrogen and oxygen atoms in total. The molecule has 0 spiro atoms. The quantitative estimate of drug-likeness (QED) is 0.353. The van der Waals surface area contributed by atoms with Crippen molar-refractivity contribution in [3.63, 3.8) is 0 Å². The van der Waals surface area contributed by atoms with Gasteiger partial charge in [0.25, 0.3) is 5.56 Å². The van der Waals surface area contributed by atoms with E-state index in [1.54, 1.807) is 10.6 Å². The van der Waals surface area contributed by atoms with Crippen molar-refractivity contribution < 1.29 is 5.11 Å². The minimum absolute atomic E-state index is 0.0993. The second-order valence-corrected chi connectivity index (χ2v) is 7.85. The first-order valence-corrected chi connectivity index (χ1v) is 9.93. The first-order valence-electron chi connectivity index (χ1n) is 7.77. The highest BCUT2D eigenvalue weighted by molar-refractivity contribution is 9.10. The molecule has 0 atom stereocenters. The molecule has 3 rings (SSSR count). The lowest BCUT2D eigenvalue weighted by molar-refractivity contribution is 0.296. The van der Waals surface area contributed by atoms with Crippen LogP contribution in [0.15, 0.2) is 56.9 Å². The minimum Gasteiger partial charge on any atom is -0.396 e. The van der Waals surface area contributed by atoms with Crippen LogP contribution in [0.2, 0.25) is 5.02 Å². The summed E-state index contributed by atoms with van der Waals surface area (Å²) < 4.78 is 2.49. The third-order valence-corrected chi connectivity index (χ3v) is 5.63. The van der Waals surface area contributed by atoms with Crippen molar-refractivity contribution in [3.8, 4) is 0 Å². The zero-order chi connectivity index (χ0) is 17.8. The van der Waals surface area contributed by atoms with Crippen LogP contribution in [0.1, 0.15) is 12.0 Å². The Hall–Kier alpha value is -1.34. The summed E-state index contributed by atoms with van der Waals surface area (Å²) >= 11 is 11.1. The van der Waals surface area contributed by atoms with E-state index in [0.717, 1.165) is 10.0 Å². The monoisotopic (exact) mass is 438 g/mol. The summed E-state index contributed by atoms with van der Waals surface area (Å²) in [6.45, 7) is 0.470. The Labute approximate surface area is 163 Å². The number of aliphatic hydroxyl groups excluding tert-OH is 1. The number of nitrogens with zero attached hydrogens (tertiary/aromatic N) is 2. The largest absolute Gasteiger partial charge is 0.396 e. The Morgan fingerprint density at radius 1 is 1.24 bits per heavy atom. The van der Waals surface area contributed by atoms with E-state index in [-0.39, 0.29) is 12.2 Å². The van der Waals surface area contributed by atoms with Crippen LogP contribution in [0.5, 0.6) is 0 Å². The summed E-state index contributed by atoms with van der Waals surface area (Å²) in [7, 11) is 0. The molecule has 7 heteroatoms. The molecule has 3 aromatic rings. The fraction of sp³-hybridized carbons (Fsp3) is 0.222. The van der Waals surface area contributed by atoms with Crippen LogP contribution in [0.25, 0.3) is 10.9 Å². The van der Waals surface area contributed by atoms with Crippen LogP contribution in [0.3, 0.4) is 0 Å². The van der Waals surface area contributed by atoms with Crippen molar-refractivity contribution in [2.24, 2.45) is 0 Å². The number of rotatable bonds is 6. The lowest BCUT2D eigenvalue weighted by Gasteiger charge is -2.14. The molecule has 0 saturated heterocycles. The first kappa shape index (κ1) is 18.5. The van der Waals surface area contributed by atoms with Gasteiger partial charge in [-0.2, -0.15) is 0 Å². The summed E-state index contributed by atoms with van der Waals surface area (Å²) in [5.74, 6) is 0.688. The molecule has 0 fully saturated rings. The van der Waals surface area contributed by atoms with Crippen LogP contribution in [0.4, 0.5) is 0 Å². The third-order valence-electron chi connectivity index (χ3n) is 3.70. The number of aromatic nitrogens is 2. The molecule has 1 aromatic heterocycles. The van der Waals surface area contributed by atoms with E-state index in [9.17, 15) is 4.79 Å². The van der Waals surface area contributed by atoms with Crippen LogP contribution in [-0.4, -0.2) is 27.0 Å². The third kappa shape index (κ3) is 4.26. The van der Waals surface area contributed by atoms with Gasteiger partial charge in [-0.15, -0.1) is 0 Å². The van der Waals surface area contributed by atoms with Gasteiger partial charge in [-0.25, -0.2) is 4.98 Å². The molecule has 130 valence electrons. The molecule has 2 aromatic carbocycles. The van der Waals surface area contributed by atoms with Crippen LogP contribution >= 0.6 is 39.3 Å². The Morgan fingerprint density at radius 2 is 2.04 bits per heavy atom. The summed E-state index contributed by atoms with van der Waals surface area (Å²) in [5.41, 5.74) is 1.43. The average molecular weight is 440 g/mol. The maximum absolute atomic E-state index is 13.0. The molecule has 0 saturated carbocycles. The molecule has 0 aliphatic rings. The van der Waals surface area contributed by atoms with E-state index in [1.165, 1.54) is 11.8 Å². The van der Waals surface area contributed by atoms with Gasteiger partial charge in [0.1, 0.15) is 0 Å². The number of aliphatic hydroxyl groups is 1. The van der Waals surface area contributed by atoms with Gasteiger partial charge in [-0.05, 0) is 36.2 Å². The number of fused-ring (bicyclic) bond motifs is 1. The van der Waals surface area contributed by atoms with Crippen molar-refractivity contribution >= 4 is 50.2 Å². The van der Waals surface area contributed by atoms with Crippen LogP contribution in [-0.2, 0) is 6.54 Å². The van der Waals surface area contributed by atoms with Crippen LogP contribution < -0.4 is 5.56 Å². The SMILES string of the molecule is O=c1c2cc(Br)ccc2nc(SCCCO)n1Cc1ccccc1Cl. The van der Waals surface area contributed by atoms with Gasteiger partial charge in [0, 0.05) is 21.9 Å². The molecule has 0 bridgehead atoms. The smallest absolute Gasteiger partial charge is 0.262 e. The molecular formula is C18H16BrClN2O2S. The second-order valence-electron chi connectivity index (χ2n) is 5.46. The second kappa shape index (κ2) is 8.36. The number of hydrogen-bond donors (Lipinski definition) is 1. The highest BCUT2D eigenvalue weighted by atomic mass is 79.9. The Balaban J connectivity index is 2.12. The standard InChI is InChI=1S/C18H16BrClN2O2S/c19-13-6-7-16-14(10-13)17(24)22(18(21-16)25-9-3-8-23)11-12-4-1-2-5-15(12)20/h1-2,4-7,10,23H,3,8-9,11H2. The summed E-state index contributed by atoms with van der Waals surface area (Å²) in [4.78, 5) is 17.7. The number of benzene rings is 2. The Morgan fingerprint density at radius 3 is 2.80 bits per heavy atom. The molecule has 0 aliphatic carbocycles. The van der Waals surface area contributed by atoms with Crippen molar-refractivity contribution in [1.82, 2.24) is 9.55 Å². The van der Waals surface area contributed by atoms with Gasteiger partial charge in [-0.3, -0.25) is 9.36 Å². The Kier molecular flexibility index (Phi) is 6.17. The van der Waals surface area contributed by atoms with Crippen molar-refractivity contribution in [1.29, 1.82) is 0 Å². The fourth-order valence-electron chi connectivity index (χ4n) is 2.45. The van der Waals surface area contributed by atoms with E-state index in [4.69, 9.17) is 16.7 Å². The van der Waals surface area contributed by atoms with E-state index in [2.05, 4.69) is 20.9 Å². The van der Waals surface area contributed by atoms with E-state index in [1.807, 2.05) is 36.4 Å². The maximum atomic E-state index is 13.0. The lowest BCUT2D eigenvalue weighted by atomic mass is 10.2. The van der Waals surface area contributed by atoms with Gasteiger partial charge < -0.3 is 5.11 Å². The molecule has 0 amide bonds. The molecule has 25 heavy (non-hydrogen) atoms. The number of thioether (sulfide) groups is 1. The molecule has 1 heterocycles. The van der Waals surface area contributed by atoms with Gasteiger partial charge in [-0.1, -0.05) is 57.5 Å². The van der Waals surface area contributed by atoms with Gasteiger partial charge in [0.05, 0.1) is 17.4 Å². The first-order chi connectivity index (χ1) is 12.1. The summed E-state index contributed by atoms with van der Waals surface area (Å²) in [6.07, 6.45) is 0.644. The van der Waals surface area contributed by atoms with Crippen molar-refractivity contribution in [3.05, 3.63) is 67.9 Å². The molecule has 0 radical (unpaired) electrons. The van der Waals surface area contributed by atoms with E-state index < -0.39 is 0 Å². The van der Waals surface area contributed by atoms with Crippen molar-refractivity contribution in [2.75, 3.05) is 12.4 Å². The lowest BCUT2D eigenvalue weighted by Crippen LogP contribution is -2.24. The Bertz CT molecular complexity index is 961. The topological polar surface area (TPSA) is 55.1 Å². The summed E-state index contributed by atoms with van der Waals surface area (Å²) in [5, 5.41) is 10.8. The predicted molar refractivity (Wildman–Crippen MR) is 107 cm³/mol. The molecule has 0 aliphatic heterocycles. The predicted octanol–water partition coefficient (Wildman–Crippen LogP) is 4.34. The molecule has 1 N–H and O–H groups in total.